The molecule has 4 heteroatoms. The fourth-order valence-electron chi connectivity index (χ4n) is 0.580. The third kappa shape index (κ3) is 4.09. The van der Waals surface area contributed by atoms with E-state index in [1.807, 2.05) is 20.8 Å². The average molecular weight is 180 g/mol. The summed E-state index contributed by atoms with van der Waals surface area (Å²) in [4.78, 5) is 10.4. The van der Waals surface area contributed by atoms with E-state index in [2.05, 4.69) is 0 Å². The molecule has 0 fully saturated rings. The highest BCUT2D eigenvalue weighted by molar-refractivity contribution is 6.18. The second-order valence-corrected chi connectivity index (χ2v) is 3.75. The van der Waals surface area contributed by atoms with Crippen LogP contribution in [-0.4, -0.2) is 18.1 Å². The summed E-state index contributed by atoms with van der Waals surface area (Å²) in [6.07, 6.45) is -1.09. The number of halogens is 1. The van der Waals surface area contributed by atoms with Crippen LogP contribution < -0.4 is 5.73 Å². The van der Waals surface area contributed by atoms with Gasteiger partial charge in [-0.3, -0.25) is 0 Å². The summed E-state index contributed by atoms with van der Waals surface area (Å²) in [6, 6.07) is 0. The lowest BCUT2D eigenvalue weighted by Gasteiger charge is -2.27. The number of ether oxygens (including phenoxy) is 1. The summed E-state index contributed by atoms with van der Waals surface area (Å²) >= 11 is 5.56. The Morgan fingerprint density at radius 2 is 2.09 bits per heavy atom. The largest absolute Gasteiger partial charge is 0.445 e. The van der Waals surface area contributed by atoms with Crippen LogP contribution in [0.5, 0.6) is 0 Å². The molecule has 0 saturated carbocycles. The SMILES string of the molecule is CC(C)(C)C(CCl)OC(N)=O. The van der Waals surface area contributed by atoms with Gasteiger partial charge in [-0.1, -0.05) is 20.8 Å². The van der Waals surface area contributed by atoms with Gasteiger partial charge in [-0.05, 0) is 0 Å². The molecular formula is C7H14ClNO2. The molecule has 0 radical (unpaired) electrons. The molecule has 0 bridgehead atoms. The van der Waals surface area contributed by atoms with Crippen LogP contribution in [0.3, 0.4) is 0 Å². The normalized spacial score (nSPS) is 14.2. The number of alkyl halides is 1. The fourth-order valence-corrected chi connectivity index (χ4v) is 1.11. The smallest absolute Gasteiger partial charge is 0.404 e. The first-order valence-electron chi connectivity index (χ1n) is 3.40. The third-order valence-corrected chi connectivity index (χ3v) is 1.64. The maximum absolute atomic E-state index is 10.4. The maximum Gasteiger partial charge on any atom is 0.404 e. The highest BCUT2D eigenvalue weighted by Gasteiger charge is 2.26. The van der Waals surface area contributed by atoms with Gasteiger partial charge in [0.05, 0.1) is 5.88 Å². The van der Waals surface area contributed by atoms with Crippen molar-refractivity contribution in [1.82, 2.24) is 0 Å². The summed E-state index contributed by atoms with van der Waals surface area (Å²) in [7, 11) is 0. The molecule has 1 amide bonds. The Labute approximate surface area is 71.8 Å². The van der Waals surface area contributed by atoms with E-state index in [-0.39, 0.29) is 17.4 Å². The number of amides is 1. The Bertz CT molecular complexity index is 142. The summed E-state index contributed by atoms with van der Waals surface area (Å²) in [5.41, 5.74) is 4.69. The van der Waals surface area contributed by atoms with Gasteiger partial charge in [0.15, 0.2) is 0 Å². The zero-order valence-corrected chi connectivity index (χ0v) is 7.81. The van der Waals surface area contributed by atoms with Crippen molar-refractivity contribution in [3.8, 4) is 0 Å². The maximum atomic E-state index is 10.4. The average Bonchev–Trinajstić information content (AvgIpc) is 1.79. The van der Waals surface area contributed by atoms with Gasteiger partial charge in [0.25, 0.3) is 0 Å². The number of hydrogen-bond donors (Lipinski definition) is 1. The molecule has 0 spiro atoms. The van der Waals surface area contributed by atoms with Crippen molar-refractivity contribution in [2.45, 2.75) is 26.9 Å². The molecule has 1 unspecified atom stereocenters. The van der Waals surface area contributed by atoms with E-state index in [0.29, 0.717) is 0 Å². The first-order chi connectivity index (χ1) is 4.88. The minimum absolute atomic E-state index is 0.156. The van der Waals surface area contributed by atoms with Gasteiger partial charge in [-0.25, -0.2) is 4.79 Å². The standard InChI is InChI=1S/C7H14ClNO2/c1-7(2,3)5(4-8)11-6(9)10/h5H,4H2,1-3H3,(H2,9,10). The Balaban J connectivity index is 4.07. The molecule has 0 aliphatic heterocycles. The van der Waals surface area contributed by atoms with E-state index >= 15 is 0 Å². The Morgan fingerprint density at radius 1 is 1.64 bits per heavy atom. The Kier molecular flexibility index (Phi) is 3.66. The fraction of sp³-hybridized carbons (Fsp3) is 0.857. The topological polar surface area (TPSA) is 52.3 Å². The van der Waals surface area contributed by atoms with Gasteiger partial charge in [-0.2, -0.15) is 0 Å². The molecule has 2 N–H and O–H groups in total. The molecule has 0 aliphatic rings. The molecule has 66 valence electrons. The van der Waals surface area contributed by atoms with E-state index in [1.165, 1.54) is 0 Å². The number of rotatable bonds is 2. The van der Waals surface area contributed by atoms with Gasteiger partial charge in [-0.15, -0.1) is 11.6 Å². The summed E-state index contributed by atoms with van der Waals surface area (Å²) in [5.74, 6) is 0.270. The van der Waals surface area contributed by atoms with Gasteiger partial charge >= 0.3 is 6.09 Å². The number of primary amides is 1. The molecule has 0 aliphatic carbocycles. The van der Waals surface area contributed by atoms with Gasteiger partial charge in [0.2, 0.25) is 0 Å². The van der Waals surface area contributed by atoms with Crippen molar-refractivity contribution >= 4 is 17.7 Å². The minimum Gasteiger partial charge on any atom is -0.445 e. The molecule has 11 heavy (non-hydrogen) atoms. The first-order valence-corrected chi connectivity index (χ1v) is 3.93. The molecule has 0 heterocycles. The van der Waals surface area contributed by atoms with E-state index in [9.17, 15) is 4.79 Å². The lowest BCUT2D eigenvalue weighted by molar-refractivity contribution is 0.0520. The molecular weight excluding hydrogens is 166 g/mol. The Morgan fingerprint density at radius 3 is 2.18 bits per heavy atom. The predicted octanol–water partition coefficient (Wildman–Crippen LogP) is 1.74. The summed E-state index contributed by atoms with van der Waals surface area (Å²) < 4.78 is 4.77. The van der Waals surface area contributed by atoms with Crippen LogP contribution in [0.2, 0.25) is 0 Å². The lowest BCUT2D eigenvalue weighted by Crippen LogP contribution is -2.35. The molecule has 0 rings (SSSR count). The highest BCUT2D eigenvalue weighted by atomic mass is 35.5. The van der Waals surface area contributed by atoms with Crippen LogP contribution in [0.15, 0.2) is 0 Å². The molecule has 3 nitrogen and oxygen atoms in total. The Hall–Kier alpha value is -0.440. The van der Waals surface area contributed by atoms with E-state index < -0.39 is 6.09 Å². The van der Waals surface area contributed by atoms with Crippen molar-refractivity contribution in [3.05, 3.63) is 0 Å². The molecule has 0 aromatic heterocycles. The van der Waals surface area contributed by atoms with E-state index in [1.54, 1.807) is 0 Å². The quantitative estimate of drug-likeness (QED) is 0.657. The van der Waals surface area contributed by atoms with E-state index in [4.69, 9.17) is 22.1 Å². The van der Waals surface area contributed by atoms with Crippen molar-refractivity contribution in [2.75, 3.05) is 5.88 Å². The second-order valence-electron chi connectivity index (χ2n) is 3.45. The number of carbonyl (C=O) groups excluding carboxylic acids is 1. The number of carbonyl (C=O) groups is 1. The van der Waals surface area contributed by atoms with Crippen LogP contribution in [-0.2, 0) is 4.74 Å². The third-order valence-electron chi connectivity index (χ3n) is 1.36. The highest BCUT2D eigenvalue weighted by Crippen LogP contribution is 2.22. The van der Waals surface area contributed by atoms with Crippen LogP contribution in [0.4, 0.5) is 4.79 Å². The second kappa shape index (κ2) is 3.81. The van der Waals surface area contributed by atoms with Crippen molar-refractivity contribution in [3.63, 3.8) is 0 Å². The van der Waals surface area contributed by atoms with Crippen molar-refractivity contribution in [1.29, 1.82) is 0 Å². The van der Waals surface area contributed by atoms with Crippen molar-refractivity contribution < 1.29 is 9.53 Å². The predicted molar refractivity (Wildman–Crippen MR) is 44.6 cm³/mol. The number of nitrogens with two attached hydrogens (primary N) is 1. The molecule has 1 atom stereocenters. The molecule has 0 aromatic carbocycles. The van der Waals surface area contributed by atoms with Crippen LogP contribution in [0, 0.1) is 5.41 Å². The zero-order chi connectivity index (χ0) is 9.07. The van der Waals surface area contributed by atoms with Crippen molar-refractivity contribution in [2.24, 2.45) is 11.1 Å². The van der Waals surface area contributed by atoms with E-state index in [0.717, 1.165) is 0 Å². The van der Waals surface area contributed by atoms with Crippen LogP contribution >= 0.6 is 11.6 Å². The first kappa shape index (κ1) is 10.6. The minimum atomic E-state index is -0.773. The van der Waals surface area contributed by atoms with Crippen LogP contribution in [0.1, 0.15) is 20.8 Å². The van der Waals surface area contributed by atoms with Crippen LogP contribution in [0.25, 0.3) is 0 Å². The van der Waals surface area contributed by atoms with Gasteiger partial charge in [0, 0.05) is 5.41 Å². The molecule has 0 saturated heterocycles. The summed E-state index contributed by atoms with van der Waals surface area (Å²) in [5, 5.41) is 0. The lowest BCUT2D eigenvalue weighted by atomic mass is 9.90. The monoisotopic (exact) mass is 179 g/mol. The van der Waals surface area contributed by atoms with Gasteiger partial charge in [0.1, 0.15) is 6.10 Å². The van der Waals surface area contributed by atoms with Gasteiger partial charge < -0.3 is 10.5 Å². The molecule has 0 aromatic rings. The zero-order valence-electron chi connectivity index (χ0n) is 7.06. The summed E-state index contributed by atoms with van der Waals surface area (Å²) in [6.45, 7) is 5.80. The number of hydrogen-bond acceptors (Lipinski definition) is 2.